The first-order valence-electron chi connectivity index (χ1n) is 5.50. The van der Waals surface area contributed by atoms with Crippen LogP contribution in [-0.4, -0.2) is 38.6 Å². The molecule has 13 heavy (non-hydrogen) atoms. The van der Waals surface area contributed by atoms with Gasteiger partial charge in [0.05, 0.1) is 0 Å². The number of nitrogens with one attached hydrogen (secondary N) is 1. The Labute approximate surface area is 83.7 Å². The molecule has 80 valence electrons. The predicted molar refractivity (Wildman–Crippen MR) is 60.1 cm³/mol. The topological polar surface area (TPSA) is 15.3 Å². The first kappa shape index (κ1) is 12.9. The minimum Gasteiger partial charge on any atom is -0.320 e. The van der Waals surface area contributed by atoms with E-state index in [9.17, 15) is 0 Å². The molecule has 0 unspecified atom stereocenters. The van der Waals surface area contributed by atoms with E-state index in [0.717, 1.165) is 12.5 Å². The van der Waals surface area contributed by atoms with Crippen molar-refractivity contribution in [2.45, 2.75) is 33.1 Å². The van der Waals surface area contributed by atoms with Crippen LogP contribution in [0.25, 0.3) is 0 Å². The predicted octanol–water partition coefficient (Wildman–Crippen LogP) is 1.96. The second-order valence-electron chi connectivity index (χ2n) is 4.30. The van der Waals surface area contributed by atoms with Gasteiger partial charge in [0, 0.05) is 0 Å². The van der Waals surface area contributed by atoms with Crippen molar-refractivity contribution in [3.63, 3.8) is 0 Å². The first-order chi connectivity index (χ1) is 6.16. The third kappa shape index (κ3) is 9.84. The Hall–Kier alpha value is -0.0800. The molecule has 0 aromatic heterocycles. The normalized spacial score (nSPS) is 11.5. The largest absolute Gasteiger partial charge is 0.320 e. The zero-order valence-electron chi connectivity index (χ0n) is 9.77. The van der Waals surface area contributed by atoms with Crippen molar-refractivity contribution >= 4 is 0 Å². The molecule has 0 saturated heterocycles. The van der Waals surface area contributed by atoms with Gasteiger partial charge in [-0.3, -0.25) is 0 Å². The summed E-state index contributed by atoms with van der Waals surface area (Å²) in [6.07, 6.45) is 3.96. The summed E-state index contributed by atoms with van der Waals surface area (Å²) >= 11 is 0. The third-order valence-corrected chi connectivity index (χ3v) is 2.29. The van der Waals surface area contributed by atoms with Gasteiger partial charge >= 0.3 is 0 Å². The standard InChI is InChI=1S/C11H26N2/c1-11(2)7-5-9-13(4)10-6-8-12-3/h11-12H,5-10H2,1-4H3. The van der Waals surface area contributed by atoms with Crippen LogP contribution in [0.5, 0.6) is 0 Å². The van der Waals surface area contributed by atoms with E-state index in [-0.39, 0.29) is 0 Å². The summed E-state index contributed by atoms with van der Waals surface area (Å²) in [5.74, 6) is 0.853. The third-order valence-electron chi connectivity index (χ3n) is 2.29. The molecule has 0 atom stereocenters. The number of rotatable bonds is 8. The Balaban J connectivity index is 3.15. The van der Waals surface area contributed by atoms with Crippen molar-refractivity contribution in [1.82, 2.24) is 10.2 Å². The van der Waals surface area contributed by atoms with E-state index in [1.165, 1.54) is 32.4 Å². The average molecular weight is 186 g/mol. The highest BCUT2D eigenvalue weighted by molar-refractivity contribution is 4.54. The van der Waals surface area contributed by atoms with E-state index < -0.39 is 0 Å². The Morgan fingerprint density at radius 1 is 1.15 bits per heavy atom. The van der Waals surface area contributed by atoms with Crippen LogP contribution >= 0.6 is 0 Å². The Kier molecular flexibility index (Phi) is 8.46. The summed E-state index contributed by atoms with van der Waals surface area (Å²) in [4.78, 5) is 2.43. The highest BCUT2D eigenvalue weighted by Gasteiger charge is 1.98. The van der Waals surface area contributed by atoms with Gasteiger partial charge < -0.3 is 10.2 Å². The summed E-state index contributed by atoms with van der Waals surface area (Å²) in [6, 6.07) is 0. The summed E-state index contributed by atoms with van der Waals surface area (Å²) in [5.41, 5.74) is 0. The van der Waals surface area contributed by atoms with Gasteiger partial charge in [0.2, 0.25) is 0 Å². The van der Waals surface area contributed by atoms with Gasteiger partial charge in [-0.25, -0.2) is 0 Å². The molecular formula is C11H26N2. The summed E-state index contributed by atoms with van der Waals surface area (Å²) in [5, 5.41) is 3.17. The SMILES string of the molecule is CNCCCN(C)CCCC(C)C. The summed E-state index contributed by atoms with van der Waals surface area (Å²) < 4.78 is 0. The van der Waals surface area contributed by atoms with Gasteiger partial charge in [-0.2, -0.15) is 0 Å². The number of hydrogen-bond donors (Lipinski definition) is 1. The van der Waals surface area contributed by atoms with Gasteiger partial charge in [-0.1, -0.05) is 13.8 Å². The number of hydrogen-bond acceptors (Lipinski definition) is 2. The smallest absolute Gasteiger partial charge is 0.000969 e. The number of nitrogens with zero attached hydrogens (tertiary/aromatic N) is 1. The molecule has 0 bridgehead atoms. The maximum absolute atomic E-state index is 3.17. The van der Waals surface area contributed by atoms with E-state index in [0.29, 0.717) is 0 Å². The van der Waals surface area contributed by atoms with Gasteiger partial charge in [-0.15, -0.1) is 0 Å². The van der Waals surface area contributed by atoms with Crippen LogP contribution < -0.4 is 5.32 Å². The molecule has 0 aliphatic carbocycles. The molecule has 0 radical (unpaired) electrons. The van der Waals surface area contributed by atoms with Crippen LogP contribution in [0.1, 0.15) is 33.1 Å². The van der Waals surface area contributed by atoms with Crippen molar-refractivity contribution in [1.29, 1.82) is 0 Å². The summed E-state index contributed by atoms with van der Waals surface area (Å²) in [7, 11) is 4.23. The Bertz CT molecular complexity index is 102. The molecule has 1 N–H and O–H groups in total. The van der Waals surface area contributed by atoms with Crippen LogP contribution in [0.2, 0.25) is 0 Å². The van der Waals surface area contributed by atoms with Crippen molar-refractivity contribution in [3.8, 4) is 0 Å². The van der Waals surface area contributed by atoms with Gasteiger partial charge in [0.25, 0.3) is 0 Å². The lowest BCUT2D eigenvalue weighted by atomic mass is 10.1. The zero-order valence-corrected chi connectivity index (χ0v) is 9.77. The fraction of sp³-hybridized carbons (Fsp3) is 1.00. The van der Waals surface area contributed by atoms with E-state index in [2.05, 4.69) is 31.1 Å². The second kappa shape index (κ2) is 8.52. The Morgan fingerprint density at radius 3 is 2.31 bits per heavy atom. The lowest BCUT2D eigenvalue weighted by Crippen LogP contribution is -2.24. The lowest BCUT2D eigenvalue weighted by molar-refractivity contribution is 0.313. The zero-order chi connectivity index (χ0) is 10.1. The molecule has 0 fully saturated rings. The van der Waals surface area contributed by atoms with Crippen LogP contribution in [-0.2, 0) is 0 Å². The molecule has 0 aromatic carbocycles. The minimum absolute atomic E-state index is 0.853. The first-order valence-corrected chi connectivity index (χ1v) is 5.50. The molecule has 0 rings (SSSR count). The fourth-order valence-corrected chi connectivity index (χ4v) is 1.41. The molecule has 0 aromatic rings. The van der Waals surface area contributed by atoms with Gasteiger partial charge in [0.1, 0.15) is 0 Å². The molecule has 2 heteroatoms. The van der Waals surface area contributed by atoms with Crippen molar-refractivity contribution in [2.24, 2.45) is 5.92 Å². The van der Waals surface area contributed by atoms with Gasteiger partial charge in [0.15, 0.2) is 0 Å². The van der Waals surface area contributed by atoms with Crippen LogP contribution in [0, 0.1) is 5.92 Å². The van der Waals surface area contributed by atoms with Crippen LogP contribution in [0.15, 0.2) is 0 Å². The Morgan fingerprint density at radius 2 is 1.77 bits per heavy atom. The van der Waals surface area contributed by atoms with Crippen molar-refractivity contribution in [2.75, 3.05) is 33.7 Å². The average Bonchev–Trinajstić information content (AvgIpc) is 2.04. The van der Waals surface area contributed by atoms with E-state index in [1.807, 2.05) is 7.05 Å². The van der Waals surface area contributed by atoms with Crippen LogP contribution in [0.3, 0.4) is 0 Å². The maximum atomic E-state index is 3.17. The molecular weight excluding hydrogens is 160 g/mol. The molecule has 0 aliphatic rings. The molecule has 0 heterocycles. The molecule has 0 saturated carbocycles. The monoisotopic (exact) mass is 186 g/mol. The minimum atomic E-state index is 0.853. The lowest BCUT2D eigenvalue weighted by Gasteiger charge is -2.16. The summed E-state index contributed by atoms with van der Waals surface area (Å²) in [6.45, 7) is 8.19. The van der Waals surface area contributed by atoms with Crippen LogP contribution in [0.4, 0.5) is 0 Å². The maximum Gasteiger partial charge on any atom is -0.000969 e. The van der Waals surface area contributed by atoms with E-state index >= 15 is 0 Å². The molecule has 2 nitrogen and oxygen atoms in total. The molecule has 0 amide bonds. The van der Waals surface area contributed by atoms with Gasteiger partial charge in [-0.05, 0) is 58.9 Å². The second-order valence-corrected chi connectivity index (χ2v) is 4.30. The quantitative estimate of drug-likeness (QED) is 0.583. The fourth-order valence-electron chi connectivity index (χ4n) is 1.41. The van der Waals surface area contributed by atoms with Crippen molar-refractivity contribution < 1.29 is 0 Å². The highest BCUT2D eigenvalue weighted by Crippen LogP contribution is 2.03. The highest BCUT2D eigenvalue weighted by atomic mass is 15.1. The van der Waals surface area contributed by atoms with E-state index in [1.54, 1.807) is 0 Å². The molecule has 0 spiro atoms. The van der Waals surface area contributed by atoms with Crippen molar-refractivity contribution in [3.05, 3.63) is 0 Å². The molecule has 0 aliphatic heterocycles. The van der Waals surface area contributed by atoms with E-state index in [4.69, 9.17) is 0 Å².